The van der Waals surface area contributed by atoms with Gasteiger partial charge in [0.1, 0.15) is 0 Å². The molecule has 0 bridgehead atoms. The Balaban J connectivity index is 2.72. The second-order valence-corrected chi connectivity index (χ2v) is 2.90. The molecule has 0 aromatic heterocycles. The molecule has 5 heteroatoms. The number of benzene rings is 1. The maximum atomic E-state index is 10.7. The third-order valence-corrected chi connectivity index (χ3v) is 1.62. The van der Waals surface area contributed by atoms with Crippen LogP contribution in [-0.2, 0) is 4.79 Å². The van der Waals surface area contributed by atoms with Crippen LogP contribution in [0, 0.1) is 10.1 Å². The summed E-state index contributed by atoms with van der Waals surface area (Å²) in [5, 5.41) is 12.6. The summed E-state index contributed by atoms with van der Waals surface area (Å²) < 4.78 is 0. The fourth-order valence-corrected chi connectivity index (χ4v) is 1.03. The number of carbonyl (C=O) groups excluding carboxylic acids is 1. The van der Waals surface area contributed by atoms with Gasteiger partial charge >= 0.3 is 0 Å². The quantitative estimate of drug-likeness (QED) is 0.606. The lowest BCUT2D eigenvalue weighted by molar-refractivity contribution is -0.400. The van der Waals surface area contributed by atoms with Crippen LogP contribution in [0.2, 0.25) is 0 Å². The fourth-order valence-electron chi connectivity index (χ4n) is 1.03. The molecule has 1 amide bonds. The zero-order valence-corrected chi connectivity index (χ0v) is 8.14. The smallest absolute Gasteiger partial charge is 0.235 e. The highest BCUT2D eigenvalue weighted by molar-refractivity contribution is 5.88. The van der Waals surface area contributed by atoms with Gasteiger partial charge in [-0.2, -0.15) is 0 Å². The lowest BCUT2D eigenvalue weighted by Crippen LogP contribution is -2.05. The lowest BCUT2D eigenvalue weighted by Gasteiger charge is -2.00. The Morgan fingerprint density at radius 3 is 2.47 bits per heavy atom. The van der Waals surface area contributed by atoms with E-state index in [2.05, 4.69) is 5.32 Å². The van der Waals surface area contributed by atoms with Crippen molar-refractivity contribution in [3.63, 3.8) is 0 Å². The molecule has 0 unspecified atom stereocenters. The minimum atomic E-state index is -0.526. The molecule has 1 aromatic rings. The normalized spacial score (nSPS) is 10.2. The van der Waals surface area contributed by atoms with E-state index in [1.165, 1.54) is 13.0 Å². The summed E-state index contributed by atoms with van der Waals surface area (Å²) in [6, 6.07) is 6.73. The molecule has 1 N–H and O–H groups in total. The van der Waals surface area contributed by atoms with Crippen LogP contribution in [0.4, 0.5) is 5.69 Å². The summed E-state index contributed by atoms with van der Waals surface area (Å²) in [6.45, 7) is 1.42. The maximum absolute atomic E-state index is 10.7. The highest BCUT2D eigenvalue weighted by atomic mass is 16.6. The van der Waals surface area contributed by atoms with E-state index in [1.807, 2.05) is 0 Å². The van der Waals surface area contributed by atoms with Gasteiger partial charge in [-0.05, 0) is 17.7 Å². The van der Waals surface area contributed by atoms with Crippen molar-refractivity contribution < 1.29 is 9.72 Å². The molecule has 1 rings (SSSR count). The molecule has 0 saturated carbocycles. The van der Waals surface area contributed by atoms with E-state index < -0.39 is 4.92 Å². The Bertz CT molecular complexity index is 396. The van der Waals surface area contributed by atoms with E-state index in [0.29, 0.717) is 11.3 Å². The van der Waals surface area contributed by atoms with E-state index >= 15 is 0 Å². The van der Waals surface area contributed by atoms with Gasteiger partial charge in [-0.15, -0.1) is 0 Å². The van der Waals surface area contributed by atoms with Crippen molar-refractivity contribution in [3.05, 3.63) is 46.1 Å². The average molecular weight is 206 g/mol. The van der Waals surface area contributed by atoms with E-state index in [9.17, 15) is 14.9 Å². The Hall–Kier alpha value is -2.17. The third kappa shape index (κ3) is 4.04. The van der Waals surface area contributed by atoms with Crippen LogP contribution < -0.4 is 5.32 Å². The second-order valence-electron chi connectivity index (χ2n) is 2.90. The number of hydrogen-bond donors (Lipinski definition) is 1. The van der Waals surface area contributed by atoms with Crippen molar-refractivity contribution in [1.29, 1.82) is 0 Å². The first kappa shape index (κ1) is 10.9. The monoisotopic (exact) mass is 206 g/mol. The standard InChI is InChI=1S/C10H10N2O3/c1-8(13)11-10-4-2-9(3-5-10)6-7-12(14)15/h2-7H,1H3,(H,11,13)/b7-6+. The van der Waals surface area contributed by atoms with Crippen molar-refractivity contribution in [2.45, 2.75) is 6.92 Å². The highest BCUT2D eigenvalue weighted by Gasteiger charge is 1.95. The van der Waals surface area contributed by atoms with E-state index in [4.69, 9.17) is 0 Å². The summed E-state index contributed by atoms with van der Waals surface area (Å²) in [4.78, 5) is 20.2. The zero-order chi connectivity index (χ0) is 11.3. The van der Waals surface area contributed by atoms with Gasteiger partial charge in [-0.3, -0.25) is 14.9 Å². The summed E-state index contributed by atoms with van der Waals surface area (Å²) in [7, 11) is 0. The lowest BCUT2D eigenvalue weighted by atomic mass is 10.2. The van der Waals surface area contributed by atoms with Crippen molar-refractivity contribution >= 4 is 17.7 Å². The first-order valence-corrected chi connectivity index (χ1v) is 4.27. The van der Waals surface area contributed by atoms with Gasteiger partial charge in [0.25, 0.3) is 0 Å². The molecule has 78 valence electrons. The predicted octanol–water partition coefficient (Wildman–Crippen LogP) is 1.89. The zero-order valence-electron chi connectivity index (χ0n) is 8.14. The molecule has 0 aliphatic carbocycles. The Labute approximate surface area is 86.6 Å². The number of nitro groups is 1. The molecule has 0 atom stereocenters. The largest absolute Gasteiger partial charge is 0.326 e. The molecule has 1 aromatic carbocycles. The van der Waals surface area contributed by atoms with Crippen LogP contribution >= 0.6 is 0 Å². The van der Waals surface area contributed by atoms with Crippen LogP contribution in [-0.4, -0.2) is 10.8 Å². The molecule has 15 heavy (non-hydrogen) atoms. The average Bonchev–Trinajstić information content (AvgIpc) is 2.16. The first-order valence-electron chi connectivity index (χ1n) is 4.27. The topological polar surface area (TPSA) is 72.2 Å². The fraction of sp³-hybridized carbons (Fsp3) is 0.100. The van der Waals surface area contributed by atoms with Gasteiger partial charge in [-0.1, -0.05) is 12.1 Å². The van der Waals surface area contributed by atoms with Crippen LogP contribution in [0.3, 0.4) is 0 Å². The molecule has 5 nitrogen and oxygen atoms in total. The van der Waals surface area contributed by atoms with Crippen LogP contribution in [0.15, 0.2) is 30.5 Å². The number of nitrogens with one attached hydrogen (secondary N) is 1. The Morgan fingerprint density at radius 1 is 1.40 bits per heavy atom. The van der Waals surface area contributed by atoms with Crippen molar-refractivity contribution in [3.8, 4) is 0 Å². The van der Waals surface area contributed by atoms with Gasteiger partial charge < -0.3 is 5.32 Å². The summed E-state index contributed by atoms with van der Waals surface area (Å²) in [6.07, 6.45) is 2.25. The van der Waals surface area contributed by atoms with Gasteiger partial charge in [0, 0.05) is 18.7 Å². The number of rotatable bonds is 3. The molecule has 0 heterocycles. The Kier molecular flexibility index (Phi) is 3.56. The number of carbonyl (C=O) groups is 1. The van der Waals surface area contributed by atoms with Crippen molar-refractivity contribution in [2.75, 3.05) is 5.32 Å². The number of amides is 1. The SMILES string of the molecule is CC(=O)Nc1ccc(/C=C/[N+](=O)[O-])cc1. The second kappa shape index (κ2) is 4.90. The van der Waals surface area contributed by atoms with E-state index in [1.54, 1.807) is 24.3 Å². The summed E-state index contributed by atoms with van der Waals surface area (Å²) >= 11 is 0. The van der Waals surface area contributed by atoms with Crippen LogP contribution in [0.5, 0.6) is 0 Å². The molecular formula is C10H10N2O3. The van der Waals surface area contributed by atoms with Gasteiger partial charge in [0.15, 0.2) is 0 Å². The molecule has 0 aliphatic heterocycles. The predicted molar refractivity (Wildman–Crippen MR) is 56.8 cm³/mol. The van der Waals surface area contributed by atoms with Gasteiger partial charge in [-0.25, -0.2) is 0 Å². The number of hydrogen-bond acceptors (Lipinski definition) is 3. The minimum absolute atomic E-state index is 0.149. The molecule has 0 spiro atoms. The molecule has 0 radical (unpaired) electrons. The first-order chi connectivity index (χ1) is 7.08. The number of anilines is 1. The molecule has 0 fully saturated rings. The van der Waals surface area contributed by atoms with E-state index in [-0.39, 0.29) is 5.91 Å². The summed E-state index contributed by atoms with van der Waals surface area (Å²) in [5.74, 6) is -0.149. The van der Waals surface area contributed by atoms with Crippen molar-refractivity contribution in [2.24, 2.45) is 0 Å². The highest BCUT2D eigenvalue weighted by Crippen LogP contribution is 2.10. The minimum Gasteiger partial charge on any atom is -0.326 e. The third-order valence-electron chi connectivity index (χ3n) is 1.62. The molecule has 0 aliphatic rings. The van der Waals surface area contributed by atoms with Gasteiger partial charge in [0.2, 0.25) is 12.1 Å². The summed E-state index contributed by atoms with van der Waals surface area (Å²) in [5.41, 5.74) is 1.38. The molecular weight excluding hydrogens is 196 g/mol. The van der Waals surface area contributed by atoms with Crippen LogP contribution in [0.1, 0.15) is 12.5 Å². The Morgan fingerprint density at radius 2 is 2.00 bits per heavy atom. The van der Waals surface area contributed by atoms with Gasteiger partial charge in [0.05, 0.1) is 4.92 Å². The number of nitrogens with zero attached hydrogens (tertiary/aromatic N) is 1. The maximum Gasteiger partial charge on any atom is 0.235 e. The van der Waals surface area contributed by atoms with E-state index in [0.717, 1.165) is 6.20 Å². The molecule has 0 saturated heterocycles. The van der Waals surface area contributed by atoms with Crippen LogP contribution in [0.25, 0.3) is 6.08 Å². The van der Waals surface area contributed by atoms with Crippen molar-refractivity contribution in [1.82, 2.24) is 0 Å².